The van der Waals surface area contributed by atoms with E-state index < -0.39 is 23.6 Å². The first-order valence-electron chi connectivity index (χ1n) is 12.5. The molecular formula is C28H27ClF4N6O2. The summed E-state index contributed by atoms with van der Waals surface area (Å²) in [6.45, 7) is 3.97. The highest BCUT2D eigenvalue weighted by Gasteiger charge is 2.35. The normalized spacial score (nSPS) is 14.2. The molecule has 3 heterocycles. The number of pyridine rings is 1. The van der Waals surface area contributed by atoms with Gasteiger partial charge in [0.15, 0.2) is 11.5 Å². The molecule has 216 valence electrons. The Morgan fingerprint density at radius 2 is 1.93 bits per heavy atom. The van der Waals surface area contributed by atoms with Crippen LogP contribution in [0.25, 0.3) is 11.4 Å². The Kier molecular flexibility index (Phi) is 9.24. The summed E-state index contributed by atoms with van der Waals surface area (Å²) in [6.07, 6.45) is 0.943. The van der Waals surface area contributed by atoms with Gasteiger partial charge in [0.25, 0.3) is 5.91 Å². The molecule has 4 rings (SSSR count). The van der Waals surface area contributed by atoms with Gasteiger partial charge in [0.05, 0.1) is 17.2 Å². The van der Waals surface area contributed by atoms with Crippen LogP contribution in [0.1, 0.15) is 47.1 Å². The van der Waals surface area contributed by atoms with Crippen LogP contribution in [0.3, 0.4) is 0 Å². The number of rotatable bonds is 7. The number of carbonyl (C=O) groups is 1. The second kappa shape index (κ2) is 12.6. The zero-order chi connectivity index (χ0) is 29.7. The van der Waals surface area contributed by atoms with Gasteiger partial charge in [-0.2, -0.15) is 18.3 Å². The van der Waals surface area contributed by atoms with Crippen LogP contribution in [-0.2, 0) is 10.9 Å². The summed E-state index contributed by atoms with van der Waals surface area (Å²) in [5.74, 6) is -0.522. The number of ether oxygens (including phenoxy) is 1. The smallest absolute Gasteiger partial charge is 0.383 e. The van der Waals surface area contributed by atoms with Gasteiger partial charge < -0.3 is 15.4 Å². The molecule has 1 amide bonds. The lowest BCUT2D eigenvalue weighted by Gasteiger charge is -2.19. The van der Waals surface area contributed by atoms with Gasteiger partial charge in [0.2, 0.25) is 0 Å². The molecule has 0 saturated carbocycles. The van der Waals surface area contributed by atoms with Crippen molar-refractivity contribution < 1.29 is 27.1 Å². The molecule has 13 heteroatoms. The number of nitrogens with zero attached hydrogens (tertiary/aromatic N) is 4. The number of amides is 1. The fourth-order valence-corrected chi connectivity index (χ4v) is 4.24. The number of aryl methyl sites for hydroxylation is 1. The highest BCUT2D eigenvalue weighted by atomic mass is 35.5. The Morgan fingerprint density at radius 1 is 1.15 bits per heavy atom. The Bertz CT molecular complexity index is 1540. The lowest BCUT2D eigenvalue weighted by molar-refractivity contribution is -0.141. The van der Waals surface area contributed by atoms with Gasteiger partial charge in [-0.05, 0) is 50.6 Å². The van der Waals surface area contributed by atoms with Crippen LogP contribution < -0.4 is 10.6 Å². The molecule has 0 unspecified atom stereocenters. The number of aliphatic imine (C=N–C) groups is 1. The maximum atomic E-state index is 13.7. The van der Waals surface area contributed by atoms with Crippen LogP contribution >= 0.6 is 11.6 Å². The monoisotopic (exact) mass is 590 g/mol. The topological polar surface area (TPSA) is 93.4 Å². The number of carbonyl (C=O) groups excluding carboxylic acids is 1. The first kappa shape index (κ1) is 29.9. The SMILES string of the molecule is COCCNC(=O)c1cncc(C2=C(n3nc(C(F)(F)F)cc3C)N=C(Nc3ccc(F)c(Cl)c3)CCC(C)=C2)c1. The van der Waals surface area contributed by atoms with Crippen LogP contribution in [-0.4, -0.2) is 46.8 Å². The first-order chi connectivity index (χ1) is 19.5. The molecular weight excluding hydrogens is 564 g/mol. The number of aromatic nitrogens is 3. The molecule has 0 fully saturated rings. The molecule has 2 aromatic heterocycles. The van der Waals surface area contributed by atoms with E-state index in [1.165, 1.54) is 44.6 Å². The quantitative estimate of drug-likeness (QED) is 0.247. The number of benzene rings is 1. The van der Waals surface area contributed by atoms with E-state index in [2.05, 4.69) is 20.7 Å². The number of hydrogen-bond acceptors (Lipinski definition) is 6. The van der Waals surface area contributed by atoms with Gasteiger partial charge in [0.1, 0.15) is 11.7 Å². The summed E-state index contributed by atoms with van der Waals surface area (Å²) in [7, 11) is 1.52. The standard InChI is InChI=1S/C28H27ClF4N6O2/c1-16-4-7-25(36-20-5-6-23(30)22(29)13-20)37-26(39-17(2)11-24(38-39)28(31,32)33)21(10-16)18-12-19(15-34-14-18)27(40)35-8-9-41-3/h5-6,10-15H,4,7-9H2,1-3H3,(H,35,40)(H,36,37). The van der Waals surface area contributed by atoms with E-state index in [0.29, 0.717) is 42.1 Å². The third kappa shape index (κ3) is 7.39. The summed E-state index contributed by atoms with van der Waals surface area (Å²) in [5, 5.41) is 9.57. The van der Waals surface area contributed by atoms with Crippen LogP contribution in [0.4, 0.5) is 23.2 Å². The zero-order valence-electron chi connectivity index (χ0n) is 22.4. The summed E-state index contributed by atoms with van der Waals surface area (Å²) in [6, 6.07) is 6.58. The van der Waals surface area contributed by atoms with Crippen molar-refractivity contribution in [3.05, 3.63) is 87.7 Å². The molecule has 0 bridgehead atoms. The van der Waals surface area contributed by atoms with E-state index in [9.17, 15) is 22.4 Å². The highest BCUT2D eigenvalue weighted by molar-refractivity contribution is 6.31. The molecule has 0 saturated heterocycles. The van der Waals surface area contributed by atoms with Gasteiger partial charge in [0, 0.05) is 55.0 Å². The fraction of sp³-hybridized carbons (Fsp3) is 0.286. The summed E-state index contributed by atoms with van der Waals surface area (Å²) in [4.78, 5) is 21.6. The molecule has 41 heavy (non-hydrogen) atoms. The number of methoxy groups -OCH3 is 1. The van der Waals surface area contributed by atoms with Gasteiger partial charge in [-0.1, -0.05) is 23.3 Å². The van der Waals surface area contributed by atoms with Crippen LogP contribution in [0.2, 0.25) is 5.02 Å². The number of halogens is 5. The Balaban J connectivity index is 1.90. The molecule has 0 spiro atoms. The van der Waals surface area contributed by atoms with Crippen molar-refractivity contribution >= 4 is 40.4 Å². The van der Waals surface area contributed by atoms with Crippen LogP contribution in [0.5, 0.6) is 0 Å². The zero-order valence-corrected chi connectivity index (χ0v) is 23.2. The molecule has 1 aliphatic heterocycles. The Morgan fingerprint density at radius 3 is 2.61 bits per heavy atom. The average molecular weight is 591 g/mol. The second-order valence-corrected chi connectivity index (χ2v) is 9.74. The molecule has 0 aliphatic carbocycles. The number of hydrogen-bond donors (Lipinski definition) is 2. The summed E-state index contributed by atoms with van der Waals surface area (Å²) in [5.41, 5.74) is 1.53. The van der Waals surface area contributed by atoms with E-state index >= 15 is 0 Å². The summed E-state index contributed by atoms with van der Waals surface area (Å²) < 4.78 is 60.7. The maximum Gasteiger partial charge on any atom is 0.435 e. The number of anilines is 1. The number of amidine groups is 1. The molecule has 1 aromatic carbocycles. The molecule has 2 N–H and O–H groups in total. The minimum absolute atomic E-state index is 0.0755. The fourth-order valence-electron chi connectivity index (χ4n) is 4.05. The van der Waals surface area contributed by atoms with E-state index in [0.717, 1.165) is 16.3 Å². The van der Waals surface area contributed by atoms with Crippen molar-refractivity contribution in [3.8, 4) is 0 Å². The number of alkyl halides is 3. The van der Waals surface area contributed by atoms with Gasteiger partial charge in [-0.15, -0.1) is 0 Å². The average Bonchev–Trinajstić information content (AvgIpc) is 3.32. The number of nitrogens with one attached hydrogen (secondary N) is 2. The van der Waals surface area contributed by atoms with Crippen LogP contribution in [0.15, 0.2) is 59.4 Å². The van der Waals surface area contributed by atoms with Crippen molar-refractivity contribution in [2.45, 2.75) is 32.9 Å². The number of allylic oxidation sites excluding steroid dienone is 3. The van der Waals surface area contributed by atoms with Gasteiger partial charge >= 0.3 is 6.18 Å². The summed E-state index contributed by atoms with van der Waals surface area (Å²) >= 11 is 5.95. The van der Waals surface area contributed by atoms with E-state index in [-0.39, 0.29) is 28.6 Å². The predicted molar refractivity (Wildman–Crippen MR) is 149 cm³/mol. The van der Waals surface area contributed by atoms with E-state index in [1.54, 1.807) is 12.1 Å². The van der Waals surface area contributed by atoms with Crippen LogP contribution in [0, 0.1) is 12.7 Å². The Hall–Kier alpha value is -4.03. The molecule has 0 atom stereocenters. The van der Waals surface area contributed by atoms with Crippen molar-refractivity contribution in [2.24, 2.45) is 4.99 Å². The largest absolute Gasteiger partial charge is 0.435 e. The first-order valence-corrected chi connectivity index (χ1v) is 12.9. The van der Waals surface area contributed by atoms with Gasteiger partial charge in [-0.3, -0.25) is 9.78 Å². The predicted octanol–water partition coefficient (Wildman–Crippen LogP) is 6.35. The second-order valence-electron chi connectivity index (χ2n) is 9.33. The third-order valence-corrected chi connectivity index (χ3v) is 6.41. The Labute approximate surface area is 238 Å². The van der Waals surface area contributed by atoms with E-state index in [4.69, 9.17) is 21.3 Å². The minimum Gasteiger partial charge on any atom is -0.383 e. The molecule has 1 aliphatic rings. The lowest BCUT2D eigenvalue weighted by atomic mass is 10.00. The van der Waals surface area contributed by atoms with Crippen molar-refractivity contribution in [2.75, 3.05) is 25.6 Å². The lowest BCUT2D eigenvalue weighted by Crippen LogP contribution is -2.27. The van der Waals surface area contributed by atoms with Crippen molar-refractivity contribution in [1.29, 1.82) is 0 Å². The molecule has 3 aromatic rings. The van der Waals surface area contributed by atoms with Crippen molar-refractivity contribution in [3.63, 3.8) is 0 Å². The minimum atomic E-state index is -4.68. The van der Waals surface area contributed by atoms with Crippen molar-refractivity contribution in [1.82, 2.24) is 20.1 Å². The van der Waals surface area contributed by atoms with E-state index in [1.807, 2.05) is 6.92 Å². The third-order valence-electron chi connectivity index (χ3n) is 6.12. The maximum absolute atomic E-state index is 13.7. The van der Waals surface area contributed by atoms with Gasteiger partial charge in [-0.25, -0.2) is 14.1 Å². The molecule has 8 nitrogen and oxygen atoms in total. The highest BCUT2D eigenvalue weighted by Crippen LogP contribution is 2.33. The molecule has 0 radical (unpaired) electrons.